The van der Waals surface area contributed by atoms with Crippen LogP contribution in [0.2, 0.25) is 0 Å². The fourth-order valence-electron chi connectivity index (χ4n) is 2.54. The van der Waals surface area contributed by atoms with Gasteiger partial charge in [-0.2, -0.15) is 0 Å². The number of halogens is 2. The normalized spacial score (nSPS) is 14.8. The zero-order chi connectivity index (χ0) is 45.9. The van der Waals surface area contributed by atoms with E-state index in [0.29, 0.717) is 22.8 Å². The van der Waals surface area contributed by atoms with Crippen molar-refractivity contribution in [2.45, 2.75) is 127 Å². The molecule has 0 aromatic rings. The Balaban J connectivity index is -0.000000103. The molecule has 0 spiro atoms. The van der Waals surface area contributed by atoms with Crippen LogP contribution in [0.1, 0.15) is 115 Å². The summed E-state index contributed by atoms with van der Waals surface area (Å²) in [6.45, 7) is 35.9. The van der Waals surface area contributed by atoms with Crippen LogP contribution in [0.4, 0.5) is 8.78 Å². The van der Waals surface area contributed by atoms with Gasteiger partial charge in [-0.25, -0.2) is 18.4 Å². The molecule has 1 saturated carbocycles. The number of esters is 2. The number of carbonyl (C=O) groups is 5. The van der Waals surface area contributed by atoms with E-state index in [1.165, 1.54) is 72.3 Å². The predicted octanol–water partition coefficient (Wildman–Crippen LogP) is 12.0. The molecular weight excluding hydrogens is 747 g/mol. The lowest BCUT2D eigenvalue weighted by molar-refractivity contribution is -0.136. The maximum atomic E-state index is 11.3. The van der Waals surface area contributed by atoms with Crippen molar-refractivity contribution in [3.05, 3.63) is 110 Å². The molecule has 0 radical (unpaired) electrons. The highest BCUT2D eigenvalue weighted by Crippen LogP contribution is 2.28. The molecule has 11 heteroatoms. The maximum Gasteiger partial charge on any atom is 0.332 e. The molecule has 1 saturated heterocycles. The van der Waals surface area contributed by atoms with Crippen molar-refractivity contribution in [1.29, 1.82) is 0 Å². The van der Waals surface area contributed by atoms with Crippen molar-refractivity contribution >= 4 is 29.3 Å². The van der Waals surface area contributed by atoms with Crippen molar-refractivity contribution in [3.63, 3.8) is 0 Å². The molecular formula is C47H78F2O9. The number of carbonyl (C=O) groups excluding carboxylic acids is 5. The molecule has 334 valence electrons. The SMILES string of the molecule is C.C/C(F)=C(/C)F.C=C(C)C(=O)OC.C=C(C)C(C)=O.C=CC(=O)C1=CCC(OC)C=C1.C=CC(=O)OC.C=CC(C)=O.C=CCC.CCC1CCC1.CCC1CO1. The van der Waals surface area contributed by atoms with Crippen LogP contribution in [-0.2, 0) is 42.9 Å². The van der Waals surface area contributed by atoms with Gasteiger partial charge in [0.1, 0.15) is 11.7 Å². The van der Waals surface area contributed by atoms with Gasteiger partial charge in [-0.3, -0.25) is 14.4 Å². The fraction of sp³-hybridized carbons (Fsp3) is 0.511. The van der Waals surface area contributed by atoms with Crippen LogP contribution in [0.25, 0.3) is 0 Å². The summed E-state index contributed by atoms with van der Waals surface area (Å²) in [5.41, 5.74) is 1.76. The van der Waals surface area contributed by atoms with Gasteiger partial charge in [-0.1, -0.05) is 111 Å². The van der Waals surface area contributed by atoms with Crippen molar-refractivity contribution in [2.24, 2.45) is 5.92 Å². The third kappa shape index (κ3) is 58.1. The highest BCUT2D eigenvalue weighted by molar-refractivity contribution is 6.05. The van der Waals surface area contributed by atoms with Crippen molar-refractivity contribution < 1.29 is 51.7 Å². The van der Waals surface area contributed by atoms with Gasteiger partial charge in [-0.15, -0.1) is 6.58 Å². The molecule has 1 heterocycles. The summed E-state index contributed by atoms with van der Waals surface area (Å²) in [6, 6.07) is 0. The first-order valence-corrected chi connectivity index (χ1v) is 18.6. The number of Topliss-reactive ketones (excluding diaryl/α,β-unsaturated/α-hetero) is 1. The van der Waals surface area contributed by atoms with Crippen molar-refractivity contribution in [3.8, 4) is 0 Å². The van der Waals surface area contributed by atoms with Crippen LogP contribution in [0.5, 0.6) is 0 Å². The third-order valence-electron chi connectivity index (χ3n) is 7.05. The van der Waals surface area contributed by atoms with Crippen LogP contribution in [0.15, 0.2) is 110 Å². The van der Waals surface area contributed by atoms with Gasteiger partial charge in [-0.05, 0) is 84.4 Å². The second-order valence-electron chi connectivity index (χ2n) is 12.1. The third-order valence-corrected chi connectivity index (χ3v) is 7.05. The van der Waals surface area contributed by atoms with E-state index in [-0.39, 0.29) is 36.8 Å². The summed E-state index contributed by atoms with van der Waals surface area (Å²) >= 11 is 0. The largest absolute Gasteiger partial charge is 0.466 e. The Morgan fingerprint density at radius 3 is 1.33 bits per heavy atom. The quantitative estimate of drug-likeness (QED) is 0.0916. The summed E-state index contributed by atoms with van der Waals surface area (Å²) in [5.74, 6) is -1.05. The minimum atomic E-state index is -0.741. The zero-order valence-corrected chi connectivity index (χ0v) is 37.1. The van der Waals surface area contributed by atoms with Crippen LogP contribution >= 0.6 is 0 Å². The number of hydrogen-bond acceptors (Lipinski definition) is 9. The number of ether oxygens (including phenoxy) is 4. The summed E-state index contributed by atoms with van der Waals surface area (Å²) < 4.78 is 41.0. The highest BCUT2D eigenvalue weighted by atomic mass is 19.2. The molecule has 9 nitrogen and oxygen atoms in total. The van der Waals surface area contributed by atoms with E-state index in [4.69, 9.17) is 9.47 Å². The number of rotatable bonds is 10. The number of epoxide rings is 1. The Kier molecular flexibility index (Phi) is 57.0. The Labute approximate surface area is 351 Å². The molecule has 0 N–H and O–H groups in total. The Morgan fingerprint density at radius 1 is 0.793 bits per heavy atom. The summed E-state index contributed by atoms with van der Waals surface area (Å²) in [5, 5.41) is 0. The van der Waals surface area contributed by atoms with E-state index in [1.807, 2.05) is 18.2 Å². The van der Waals surface area contributed by atoms with E-state index < -0.39 is 17.6 Å². The number of ketones is 3. The molecule has 0 bridgehead atoms. The van der Waals surface area contributed by atoms with Gasteiger partial charge in [0.05, 0.1) is 33.0 Å². The van der Waals surface area contributed by atoms with Gasteiger partial charge in [0, 0.05) is 24.3 Å². The second-order valence-corrected chi connectivity index (χ2v) is 12.1. The number of hydrogen-bond donors (Lipinski definition) is 0. The zero-order valence-electron chi connectivity index (χ0n) is 37.1. The minimum absolute atomic E-state index is 0. The standard InChI is InChI=1S/C10H12O2.C6H12.C5H8O2.C5H8O.C4H6F2.C4H6O2.C4H8O.C4H6O.C4H8.CH4/c1-3-10(11)8-4-6-9(12-2)7-5-8;1-2-6-4-3-5-6;1-4(2)5(6)7-3;1-4(2)5(3)6;1-3(5)4(2)6;1-3-4(5)6-2;1-2-4-3-5-4;1-3-4(2)5;1-3-4-2;/h3-6,9H,1,7H2,2H3;6H,2-5H2,1H3;1H2,2-3H3;1H2,2-3H3;1-2H3;3H,1H2,2H3;4H,2-3H2,1H3;3H,1H2,2H3;3H,1,4H2,2H3;1H4/b;;;;4-3+;;;;;. The van der Waals surface area contributed by atoms with Crippen LogP contribution in [-0.4, -0.2) is 69.4 Å². The molecule has 2 aliphatic carbocycles. The molecule has 3 rings (SSSR count). The lowest BCUT2D eigenvalue weighted by Crippen LogP contribution is -2.10. The van der Waals surface area contributed by atoms with Crippen LogP contribution < -0.4 is 0 Å². The lowest BCUT2D eigenvalue weighted by Gasteiger charge is -2.22. The van der Waals surface area contributed by atoms with Crippen molar-refractivity contribution in [1.82, 2.24) is 0 Å². The van der Waals surface area contributed by atoms with Gasteiger partial charge in [0.2, 0.25) is 0 Å². The van der Waals surface area contributed by atoms with E-state index >= 15 is 0 Å². The summed E-state index contributed by atoms with van der Waals surface area (Å²) in [4.78, 5) is 50.9. The second kappa shape index (κ2) is 48.5. The lowest BCUT2D eigenvalue weighted by atomic mass is 9.84. The summed E-state index contributed by atoms with van der Waals surface area (Å²) in [6.07, 6.45) is 20.9. The molecule has 2 unspecified atom stereocenters. The number of methoxy groups -OCH3 is 3. The molecule has 0 aromatic carbocycles. The maximum absolute atomic E-state index is 11.3. The van der Waals surface area contributed by atoms with Gasteiger partial charge in [0.15, 0.2) is 17.3 Å². The van der Waals surface area contributed by atoms with Gasteiger partial charge < -0.3 is 18.9 Å². The van der Waals surface area contributed by atoms with Gasteiger partial charge in [0.25, 0.3) is 0 Å². The fourth-order valence-corrected chi connectivity index (χ4v) is 2.54. The molecule has 3 aliphatic rings. The smallest absolute Gasteiger partial charge is 0.332 e. The van der Waals surface area contributed by atoms with Crippen molar-refractivity contribution in [2.75, 3.05) is 27.9 Å². The highest BCUT2D eigenvalue weighted by Gasteiger charge is 2.18. The van der Waals surface area contributed by atoms with E-state index in [0.717, 1.165) is 45.3 Å². The topological polar surface area (TPSA) is 126 Å². The molecule has 1 aliphatic heterocycles. The van der Waals surface area contributed by atoms with E-state index in [2.05, 4.69) is 69.7 Å². The first kappa shape index (κ1) is 68.1. The molecule has 0 aromatic heterocycles. The monoisotopic (exact) mass is 825 g/mol. The number of allylic oxidation sites excluding steroid dienone is 8. The molecule has 2 fully saturated rings. The minimum Gasteiger partial charge on any atom is -0.466 e. The van der Waals surface area contributed by atoms with Gasteiger partial charge >= 0.3 is 11.9 Å². The average Bonchev–Trinajstić information content (AvgIpc) is 4.03. The molecule has 0 amide bonds. The molecule has 58 heavy (non-hydrogen) atoms. The average molecular weight is 825 g/mol. The Bertz CT molecular complexity index is 1260. The van der Waals surface area contributed by atoms with Crippen LogP contribution in [0, 0.1) is 5.92 Å². The first-order valence-electron chi connectivity index (χ1n) is 18.6. The first-order chi connectivity index (χ1) is 26.6. The Morgan fingerprint density at radius 2 is 1.24 bits per heavy atom. The molecule has 2 atom stereocenters. The summed E-state index contributed by atoms with van der Waals surface area (Å²) in [7, 11) is 4.30. The predicted molar refractivity (Wildman–Crippen MR) is 239 cm³/mol. The Hall–Kier alpha value is -4.61. The van der Waals surface area contributed by atoms with E-state index in [1.54, 1.807) is 27.0 Å². The van der Waals surface area contributed by atoms with Crippen LogP contribution in [0.3, 0.4) is 0 Å². The van der Waals surface area contributed by atoms with E-state index in [9.17, 15) is 32.8 Å².